The van der Waals surface area contributed by atoms with Crippen LogP contribution in [-0.2, 0) is 6.54 Å². The molecule has 0 unspecified atom stereocenters. The highest BCUT2D eigenvalue weighted by atomic mass is 16.2. The van der Waals surface area contributed by atoms with Crippen LogP contribution in [0.5, 0.6) is 0 Å². The highest BCUT2D eigenvalue weighted by Crippen LogP contribution is 2.24. The van der Waals surface area contributed by atoms with E-state index in [1.807, 2.05) is 42.2 Å². The lowest BCUT2D eigenvalue weighted by Crippen LogP contribution is -2.35. The number of carbonyl (C=O) groups is 1. The number of fused-ring (bicyclic) bond motifs is 1. The summed E-state index contributed by atoms with van der Waals surface area (Å²) in [4.78, 5) is 18.9. The standard InChI is InChI=1S/C16H17N3O/c1-12-14(6-4-8-18-12)16(20)19-10-9-17-11-13-5-2-3-7-15(13)19/h2-8,17H,9-11H2,1H3. The first-order valence-corrected chi connectivity index (χ1v) is 6.79. The van der Waals surface area contributed by atoms with E-state index in [0.717, 1.165) is 30.0 Å². The molecule has 0 atom stereocenters. The Hall–Kier alpha value is -2.20. The summed E-state index contributed by atoms with van der Waals surface area (Å²) in [5.41, 5.74) is 3.59. The zero-order valence-electron chi connectivity index (χ0n) is 11.5. The van der Waals surface area contributed by atoms with Crippen LogP contribution >= 0.6 is 0 Å². The van der Waals surface area contributed by atoms with Crippen LogP contribution < -0.4 is 10.2 Å². The number of anilines is 1. The zero-order chi connectivity index (χ0) is 13.9. The first-order valence-electron chi connectivity index (χ1n) is 6.79. The lowest BCUT2D eigenvalue weighted by molar-refractivity contribution is 0.0986. The average Bonchev–Trinajstić information content (AvgIpc) is 2.69. The number of hydrogen-bond donors (Lipinski definition) is 1. The van der Waals surface area contributed by atoms with E-state index in [0.29, 0.717) is 12.1 Å². The summed E-state index contributed by atoms with van der Waals surface area (Å²) in [6, 6.07) is 11.7. The number of pyridine rings is 1. The van der Waals surface area contributed by atoms with Crippen molar-refractivity contribution >= 4 is 11.6 Å². The molecule has 0 spiro atoms. The number of para-hydroxylation sites is 1. The second-order valence-corrected chi connectivity index (χ2v) is 4.90. The molecule has 102 valence electrons. The van der Waals surface area contributed by atoms with Gasteiger partial charge in [-0.1, -0.05) is 18.2 Å². The molecule has 2 heterocycles. The van der Waals surface area contributed by atoms with Crippen molar-refractivity contribution in [1.82, 2.24) is 10.3 Å². The van der Waals surface area contributed by atoms with Crippen LogP contribution in [0, 0.1) is 6.92 Å². The minimum absolute atomic E-state index is 0.0201. The molecule has 1 N–H and O–H groups in total. The van der Waals surface area contributed by atoms with Gasteiger partial charge in [0, 0.05) is 37.2 Å². The minimum atomic E-state index is 0.0201. The van der Waals surface area contributed by atoms with Gasteiger partial charge in [0.1, 0.15) is 0 Å². The summed E-state index contributed by atoms with van der Waals surface area (Å²) >= 11 is 0. The Bertz CT molecular complexity index is 639. The predicted molar refractivity (Wildman–Crippen MR) is 78.8 cm³/mol. The highest BCUT2D eigenvalue weighted by molar-refractivity contribution is 6.07. The number of hydrogen-bond acceptors (Lipinski definition) is 3. The summed E-state index contributed by atoms with van der Waals surface area (Å²) < 4.78 is 0. The Balaban J connectivity index is 2.02. The van der Waals surface area contributed by atoms with E-state index < -0.39 is 0 Å². The Kier molecular flexibility index (Phi) is 3.48. The molecule has 4 heteroatoms. The number of aryl methyl sites for hydroxylation is 1. The molecule has 1 aromatic carbocycles. The SMILES string of the molecule is Cc1ncccc1C(=O)N1CCNCc2ccccc21. The molecule has 0 aliphatic carbocycles. The van der Waals surface area contributed by atoms with Crippen LogP contribution in [0.4, 0.5) is 5.69 Å². The van der Waals surface area contributed by atoms with Gasteiger partial charge in [0.25, 0.3) is 5.91 Å². The second kappa shape index (κ2) is 5.43. The summed E-state index contributed by atoms with van der Waals surface area (Å²) in [7, 11) is 0. The van der Waals surface area contributed by atoms with Gasteiger partial charge in [0.15, 0.2) is 0 Å². The van der Waals surface area contributed by atoms with Crippen molar-refractivity contribution in [3.05, 3.63) is 59.4 Å². The third-order valence-corrected chi connectivity index (χ3v) is 3.59. The van der Waals surface area contributed by atoms with Crippen molar-refractivity contribution in [2.24, 2.45) is 0 Å². The molecule has 1 aliphatic heterocycles. The molecule has 0 saturated heterocycles. The Labute approximate surface area is 118 Å². The fourth-order valence-electron chi connectivity index (χ4n) is 2.52. The molecule has 0 bridgehead atoms. The van der Waals surface area contributed by atoms with Crippen molar-refractivity contribution in [1.29, 1.82) is 0 Å². The molecular formula is C16H17N3O. The zero-order valence-corrected chi connectivity index (χ0v) is 11.5. The molecule has 1 aliphatic rings. The molecule has 0 radical (unpaired) electrons. The topological polar surface area (TPSA) is 45.2 Å². The summed E-state index contributed by atoms with van der Waals surface area (Å²) in [6.45, 7) is 4.13. The number of nitrogens with zero attached hydrogens (tertiary/aromatic N) is 2. The molecule has 3 rings (SSSR count). The minimum Gasteiger partial charge on any atom is -0.311 e. The van der Waals surface area contributed by atoms with Gasteiger partial charge in [-0.15, -0.1) is 0 Å². The lowest BCUT2D eigenvalue weighted by atomic mass is 10.1. The van der Waals surface area contributed by atoms with E-state index in [1.165, 1.54) is 0 Å². The van der Waals surface area contributed by atoms with Crippen LogP contribution in [0.1, 0.15) is 21.6 Å². The van der Waals surface area contributed by atoms with Gasteiger partial charge in [-0.2, -0.15) is 0 Å². The van der Waals surface area contributed by atoms with E-state index in [1.54, 1.807) is 6.20 Å². The Morgan fingerprint density at radius 3 is 2.95 bits per heavy atom. The Morgan fingerprint density at radius 1 is 1.25 bits per heavy atom. The lowest BCUT2D eigenvalue weighted by Gasteiger charge is -2.23. The fraction of sp³-hybridized carbons (Fsp3) is 0.250. The largest absolute Gasteiger partial charge is 0.311 e. The molecule has 1 amide bonds. The summed E-state index contributed by atoms with van der Waals surface area (Å²) in [5, 5.41) is 3.34. The average molecular weight is 267 g/mol. The van der Waals surface area contributed by atoms with Crippen molar-refractivity contribution in [2.75, 3.05) is 18.0 Å². The first kappa shape index (κ1) is 12.8. The monoisotopic (exact) mass is 267 g/mol. The number of nitrogens with one attached hydrogen (secondary N) is 1. The normalized spacial score (nSPS) is 14.6. The van der Waals surface area contributed by atoms with Crippen LogP contribution in [0.15, 0.2) is 42.6 Å². The van der Waals surface area contributed by atoms with Crippen molar-refractivity contribution in [3.63, 3.8) is 0 Å². The summed E-state index contributed by atoms with van der Waals surface area (Å²) in [6.07, 6.45) is 1.71. The molecule has 4 nitrogen and oxygen atoms in total. The summed E-state index contributed by atoms with van der Waals surface area (Å²) in [5.74, 6) is 0.0201. The van der Waals surface area contributed by atoms with Gasteiger partial charge in [0.2, 0.25) is 0 Å². The number of amides is 1. The van der Waals surface area contributed by atoms with Crippen molar-refractivity contribution < 1.29 is 4.79 Å². The molecule has 0 fully saturated rings. The smallest absolute Gasteiger partial charge is 0.260 e. The van der Waals surface area contributed by atoms with Crippen molar-refractivity contribution in [2.45, 2.75) is 13.5 Å². The highest BCUT2D eigenvalue weighted by Gasteiger charge is 2.23. The van der Waals surface area contributed by atoms with E-state index >= 15 is 0 Å². The molecule has 0 saturated carbocycles. The van der Waals surface area contributed by atoms with Gasteiger partial charge in [-0.3, -0.25) is 9.78 Å². The fourth-order valence-corrected chi connectivity index (χ4v) is 2.52. The van der Waals surface area contributed by atoms with Gasteiger partial charge in [-0.25, -0.2) is 0 Å². The number of benzene rings is 1. The van der Waals surface area contributed by atoms with Gasteiger partial charge in [-0.05, 0) is 30.7 Å². The number of aromatic nitrogens is 1. The molecule has 1 aromatic heterocycles. The Morgan fingerprint density at radius 2 is 2.10 bits per heavy atom. The van der Waals surface area contributed by atoms with Crippen LogP contribution in [0.25, 0.3) is 0 Å². The van der Waals surface area contributed by atoms with Gasteiger partial charge >= 0.3 is 0 Å². The maximum Gasteiger partial charge on any atom is 0.260 e. The third kappa shape index (κ3) is 2.30. The van der Waals surface area contributed by atoms with E-state index in [9.17, 15) is 4.79 Å². The van der Waals surface area contributed by atoms with E-state index in [4.69, 9.17) is 0 Å². The maximum atomic E-state index is 12.8. The number of carbonyl (C=O) groups excluding carboxylic acids is 1. The van der Waals surface area contributed by atoms with Crippen LogP contribution in [-0.4, -0.2) is 24.0 Å². The van der Waals surface area contributed by atoms with Gasteiger partial charge in [0.05, 0.1) is 5.56 Å². The van der Waals surface area contributed by atoms with Crippen LogP contribution in [0.2, 0.25) is 0 Å². The second-order valence-electron chi connectivity index (χ2n) is 4.90. The van der Waals surface area contributed by atoms with Gasteiger partial charge < -0.3 is 10.2 Å². The predicted octanol–water partition coefficient (Wildman–Crippen LogP) is 2.14. The number of rotatable bonds is 1. The maximum absolute atomic E-state index is 12.8. The van der Waals surface area contributed by atoms with E-state index in [-0.39, 0.29) is 5.91 Å². The van der Waals surface area contributed by atoms with Crippen molar-refractivity contribution in [3.8, 4) is 0 Å². The molecule has 2 aromatic rings. The molecule has 20 heavy (non-hydrogen) atoms. The first-order chi connectivity index (χ1) is 9.77. The van der Waals surface area contributed by atoms with E-state index in [2.05, 4.69) is 16.4 Å². The quantitative estimate of drug-likeness (QED) is 0.861. The molecular weight excluding hydrogens is 250 g/mol. The van der Waals surface area contributed by atoms with Crippen LogP contribution in [0.3, 0.4) is 0 Å². The third-order valence-electron chi connectivity index (χ3n) is 3.59.